The number of aryl methyl sites for hydroxylation is 1. The number of rotatable bonds is 8. The summed E-state index contributed by atoms with van der Waals surface area (Å²) in [6, 6.07) is 11.8. The minimum atomic E-state index is -3.36. The molecule has 2 unspecified atom stereocenters. The van der Waals surface area contributed by atoms with Gasteiger partial charge in [0.1, 0.15) is 11.6 Å². The van der Waals surface area contributed by atoms with Crippen LogP contribution in [0.2, 0.25) is 0 Å². The molecule has 2 atom stereocenters. The van der Waals surface area contributed by atoms with Gasteiger partial charge in [0.2, 0.25) is 0 Å². The molecule has 0 fully saturated rings. The van der Waals surface area contributed by atoms with E-state index in [4.69, 9.17) is 4.74 Å². The highest BCUT2D eigenvalue weighted by atomic mass is 32.2. The molecular formula is C27H35N3O5S. The van der Waals surface area contributed by atoms with Crippen LogP contribution in [-0.4, -0.2) is 38.4 Å². The van der Waals surface area contributed by atoms with E-state index in [1.165, 1.54) is 29.3 Å². The number of sulfone groups is 1. The molecule has 0 saturated heterocycles. The summed E-state index contributed by atoms with van der Waals surface area (Å²) in [6.45, 7) is 12.0. The Morgan fingerprint density at radius 1 is 1.17 bits per heavy atom. The zero-order valence-corrected chi connectivity index (χ0v) is 22.8. The predicted molar refractivity (Wildman–Crippen MR) is 141 cm³/mol. The first-order valence-electron chi connectivity index (χ1n) is 12.1. The average molecular weight is 514 g/mol. The van der Waals surface area contributed by atoms with E-state index in [1.807, 2.05) is 26.0 Å². The summed E-state index contributed by atoms with van der Waals surface area (Å²) in [7, 11) is -3.36. The van der Waals surface area contributed by atoms with Crippen LogP contribution >= 0.6 is 0 Å². The number of amides is 2. The number of hydrogen-bond acceptors (Lipinski definition) is 6. The van der Waals surface area contributed by atoms with E-state index in [-0.39, 0.29) is 28.0 Å². The van der Waals surface area contributed by atoms with Crippen molar-refractivity contribution in [1.82, 2.24) is 5.32 Å². The van der Waals surface area contributed by atoms with Crippen LogP contribution in [0.1, 0.15) is 58.6 Å². The van der Waals surface area contributed by atoms with Crippen molar-refractivity contribution in [3.05, 3.63) is 53.6 Å². The lowest BCUT2D eigenvalue weighted by Gasteiger charge is -2.28. The molecule has 1 heterocycles. The molecule has 194 valence electrons. The molecule has 3 rings (SSSR count). The third-order valence-electron chi connectivity index (χ3n) is 6.64. The number of anilines is 1. The average Bonchev–Trinajstić information content (AvgIpc) is 3.11. The Bertz CT molecular complexity index is 1280. The van der Waals surface area contributed by atoms with Crippen LogP contribution in [0.3, 0.4) is 0 Å². The first kappa shape index (κ1) is 27.4. The second-order valence-electron chi connectivity index (χ2n) is 9.86. The van der Waals surface area contributed by atoms with Crippen LogP contribution in [-0.2, 0) is 24.8 Å². The summed E-state index contributed by atoms with van der Waals surface area (Å²) in [5, 5.41) is 8.27. The topological polar surface area (TPSA) is 105 Å². The third kappa shape index (κ3) is 5.78. The number of hydrogen-bond donors (Lipinski definition) is 1. The van der Waals surface area contributed by atoms with Crippen LogP contribution < -0.4 is 15.1 Å². The van der Waals surface area contributed by atoms with Crippen molar-refractivity contribution in [3.63, 3.8) is 0 Å². The van der Waals surface area contributed by atoms with Crippen LogP contribution in [0.15, 0.2) is 52.5 Å². The van der Waals surface area contributed by atoms with E-state index in [2.05, 4.69) is 37.3 Å². The smallest absolute Gasteiger partial charge is 0.266 e. The van der Waals surface area contributed by atoms with E-state index >= 15 is 0 Å². The lowest BCUT2D eigenvalue weighted by molar-refractivity contribution is -0.126. The lowest BCUT2D eigenvalue weighted by atomic mass is 9.81. The fourth-order valence-corrected chi connectivity index (χ4v) is 4.48. The van der Waals surface area contributed by atoms with Gasteiger partial charge in [-0.15, -0.1) is 0 Å². The summed E-state index contributed by atoms with van der Waals surface area (Å²) in [5.74, 6) is -0.491. The Morgan fingerprint density at radius 2 is 1.81 bits per heavy atom. The van der Waals surface area contributed by atoms with Gasteiger partial charge in [-0.25, -0.2) is 8.42 Å². The third-order valence-corrected chi connectivity index (χ3v) is 7.77. The number of hydrazone groups is 1. The molecule has 0 bridgehead atoms. The first-order chi connectivity index (χ1) is 16.8. The Labute approximate surface area is 213 Å². The SMILES string of the molecule is CCC(Oc1ccc(C)cc1C(C)(C)CC)C(=O)NC1=NN(c2ccc(S(C)(=O)=O)cc2)C(=O)C1C. The van der Waals surface area contributed by atoms with Crippen LogP contribution in [0.4, 0.5) is 5.69 Å². The molecule has 1 N–H and O–H groups in total. The Kier molecular flexibility index (Phi) is 7.93. The first-order valence-corrected chi connectivity index (χ1v) is 14.0. The number of carbonyl (C=O) groups excluding carboxylic acids is 2. The number of ether oxygens (including phenoxy) is 1. The maximum absolute atomic E-state index is 13.2. The van der Waals surface area contributed by atoms with Crippen molar-refractivity contribution in [1.29, 1.82) is 0 Å². The molecule has 2 amide bonds. The molecule has 8 nitrogen and oxygen atoms in total. The number of nitrogens with zero attached hydrogens (tertiary/aromatic N) is 2. The largest absolute Gasteiger partial charge is 0.480 e. The van der Waals surface area contributed by atoms with Crippen molar-refractivity contribution in [3.8, 4) is 5.75 Å². The Balaban J connectivity index is 1.81. The fourth-order valence-electron chi connectivity index (χ4n) is 3.84. The molecule has 1 aliphatic heterocycles. The van der Waals surface area contributed by atoms with Gasteiger partial charge in [0.15, 0.2) is 15.9 Å². The van der Waals surface area contributed by atoms with Gasteiger partial charge in [-0.05, 0) is 62.4 Å². The zero-order valence-electron chi connectivity index (χ0n) is 22.0. The maximum atomic E-state index is 13.2. The van der Waals surface area contributed by atoms with Crippen molar-refractivity contribution in [2.24, 2.45) is 11.0 Å². The van der Waals surface area contributed by atoms with Crippen LogP contribution in [0, 0.1) is 12.8 Å². The standard InChI is InChI=1S/C27H35N3O5S/c1-8-22(35-23-15-10-17(3)16-21(23)27(5,6)9-2)25(31)28-24-18(4)26(32)30(29-24)19-11-13-20(14-12-19)36(7,33)34/h10-16,18,22H,8-9H2,1-7H3,(H,28,29,31). The highest BCUT2D eigenvalue weighted by Crippen LogP contribution is 2.35. The summed E-state index contributed by atoms with van der Waals surface area (Å²) in [5.41, 5.74) is 2.45. The van der Waals surface area contributed by atoms with Gasteiger partial charge >= 0.3 is 0 Å². The summed E-state index contributed by atoms with van der Waals surface area (Å²) in [4.78, 5) is 26.2. The zero-order chi connectivity index (χ0) is 26.8. The summed E-state index contributed by atoms with van der Waals surface area (Å²) in [6.07, 6.45) is 1.68. The Hall–Kier alpha value is -3.20. The van der Waals surface area contributed by atoms with Crippen LogP contribution in [0.5, 0.6) is 5.75 Å². The minimum absolute atomic E-state index is 0.125. The normalized spacial score (nSPS) is 17.1. The molecular weight excluding hydrogens is 478 g/mol. The lowest BCUT2D eigenvalue weighted by Crippen LogP contribution is -2.43. The second-order valence-corrected chi connectivity index (χ2v) is 11.9. The van der Waals surface area contributed by atoms with Crippen molar-refractivity contribution >= 4 is 33.2 Å². The van der Waals surface area contributed by atoms with Crippen molar-refractivity contribution < 1.29 is 22.7 Å². The van der Waals surface area contributed by atoms with Gasteiger partial charge in [0.05, 0.1) is 16.5 Å². The number of benzene rings is 2. The fraction of sp³-hybridized carbons (Fsp3) is 0.444. The number of nitrogens with one attached hydrogen (secondary N) is 1. The second kappa shape index (κ2) is 10.4. The van der Waals surface area contributed by atoms with E-state index in [0.29, 0.717) is 17.9 Å². The van der Waals surface area contributed by atoms with Gasteiger partial charge < -0.3 is 10.1 Å². The highest BCUT2D eigenvalue weighted by molar-refractivity contribution is 7.90. The van der Waals surface area contributed by atoms with Gasteiger partial charge in [0, 0.05) is 11.8 Å². The molecule has 0 radical (unpaired) electrons. The van der Waals surface area contributed by atoms with Crippen molar-refractivity contribution in [2.75, 3.05) is 11.3 Å². The quantitative estimate of drug-likeness (QED) is 0.565. The molecule has 9 heteroatoms. The minimum Gasteiger partial charge on any atom is -0.480 e. The van der Waals surface area contributed by atoms with E-state index in [0.717, 1.165) is 23.8 Å². The van der Waals surface area contributed by atoms with Gasteiger partial charge in [-0.1, -0.05) is 45.4 Å². The van der Waals surface area contributed by atoms with Crippen LogP contribution in [0.25, 0.3) is 0 Å². The summed E-state index contributed by atoms with van der Waals surface area (Å²) < 4.78 is 29.6. The Morgan fingerprint density at radius 3 is 2.36 bits per heavy atom. The van der Waals surface area contributed by atoms with Gasteiger partial charge in [-0.3, -0.25) is 9.59 Å². The molecule has 1 aliphatic rings. The molecule has 0 aromatic heterocycles. The van der Waals surface area contributed by atoms with Gasteiger partial charge in [-0.2, -0.15) is 10.1 Å². The summed E-state index contributed by atoms with van der Waals surface area (Å²) >= 11 is 0. The molecule has 0 saturated carbocycles. The van der Waals surface area contributed by atoms with Gasteiger partial charge in [0.25, 0.3) is 11.8 Å². The molecule has 36 heavy (non-hydrogen) atoms. The maximum Gasteiger partial charge on any atom is 0.266 e. The number of carbonyl (C=O) groups is 2. The molecule has 0 spiro atoms. The predicted octanol–water partition coefficient (Wildman–Crippen LogP) is 4.36. The molecule has 2 aromatic rings. The van der Waals surface area contributed by atoms with E-state index < -0.39 is 21.9 Å². The highest BCUT2D eigenvalue weighted by Gasteiger charge is 2.36. The van der Waals surface area contributed by atoms with E-state index in [1.54, 1.807) is 6.92 Å². The molecule has 2 aromatic carbocycles. The van der Waals surface area contributed by atoms with Crippen molar-refractivity contribution in [2.45, 2.75) is 70.8 Å². The molecule has 0 aliphatic carbocycles. The number of amidine groups is 1. The van der Waals surface area contributed by atoms with E-state index in [9.17, 15) is 18.0 Å². The monoisotopic (exact) mass is 513 g/mol.